The van der Waals surface area contributed by atoms with Gasteiger partial charge in [0.05, 0.1) is 0 Å². The van der Waals surface area contributed by atoms with Gasteiger partial charge in [-0.2, -0.15) is 0 Å². The molecule has 1 fully saturated rings. The van der Waals surface area contributed by atoms with Gasteiger partial charge >= 0.3 is 0 Å². The maximum Gasteiger partial charge on any atom is -0.00431 e. The predicted octanol–water partition coefficient (Wildman–Crippen LogP) is 4.13. The van der Waals surface area contributed by atoms with E-state index in [4.69, 9.17) is 0 Å². The number of nitrogens with one attached hydrogen (secondary N) is 1. The van der Waals surface area contributed by atoms with Gasteiger partial charge in [0.1, 0.15) is 0 Å². The van der Waals surface area contributed by atoms with Crippen LogP contribution in [0.3, 0.4) is 0 Å². The molecule has 1 saturated heterocycles. The van der Waals surface area contributed by atoms with Gasteiger partial charge in [-0.3, -0.25) is 0 Å². The normalized spacial score (nSPS) is 16.5. The van der Waals surface area contributed by atoms with E-state index < -0.39 is 0 Å². The molecule has 1 heteroatoms. The number of hydrogen-bond donors (Lipinski definition) is 1. The van der Waals surface area contributed by atoms with Crippen LogP contribution in [0.1, 0.15) is 29.9 Å². The van der Waals surface area contributed by atoms with Crippen LogP contribution in [0.5, 0.6) is 0 Å². The monoisotopic (exact) mass is 251 g/mol. The van der Waals surface area contributed by atoms with Crippen molar-refractivity contribution in [1.82, 2.24) is 5.32 Å². The summed E-state index contributed by atoms with van der Waals surface area (Å²) in [6, 6.07) is 17.7. The van der Waals surface area contributed by atoms with Crippen molar-refractivity contribution in [1.29, 1.82) is 0 Å². The Morgan fingerprint density at radius 2 is 1.68 bits per heavy atom. The molecule has 0 atom stereocenters. The predicted molar refractivity (Wildman–Crippen MR) is 81.5 cm³/mol. The van der Waals surface area contributed by atoms with Crippen molar-refractivity contribution in [2.45, 2.75) is 25.7 Å². The highest BCUT2D eigenvalue weighted by Crippen LogP contribution is 2.34. The molecule has 1 aliphatic rings. The van der Waals surface area contributed by atoms with E-state index in [0.717, 1.165) is 13.1 Å². The Kier molecular flexibility index (Phi) is 3.65. The third kappa shape index (κ3) is 2.71. The Balaban J connectivity index is 2.04. The molecule has 2 aromatic carbocycles. The molecule has 0 aromatic heterocycles. The summed E-state index contributed by atoms with van der Waals surface area (Å²) in [5.74, 6) is 0.705. The number of aryl methyl sites for hydroxylation is 1. The first kappa shape index (κ1) is 12.4. The van der Waals surface area contributed by atoms with Crippen LogP contribution in [-0.4, -0.2) is 13.1 Å². The minimum atomic E-state index is 0.705. The molecule has 1 N–H and O–H groups in total. The van der Waals surface area contributed by atoms with Gasteiger partial charge in [0.25, 0.3) is 0 Å². The van der Waals surface area contributed by atoms with Gasteiger partial charge in [-0.05, 0) is 55.5 Å². The van der Waals surface area contributed by atoms with E-state index >= 15 is 0 Å². The van der Waals surface area contributed by atoms with E-state index in [0.29, 0.717) is 5.92 Å². The third-order valence-corrected chi connectivity index (χ3v) is 4.07. The van der Waals surface area contributed by atoms with Gasteiger partial charge in [0.15, 0.2) is 0 Å². The van der Waals surface area contributed by atoms with Crippen molar-refractivity contribution < 1.29 is 0 Å². The summed E-state index contributed by atoms with van der Waals surface area (Å²) in [6.07, 6.45) is 2.51. The van der Waals surface area contributed by atoms with Crippen LogP contribution in [0, 0.1) is 6.92 Å². The minimum absolute atomic E-state index is 0.705. The summed E-state index contributed by atoms with van der Waals surface area (Å²) in [7, 11) is 0. The number of benzene rings is 2. The number of piperidine rings is 1. The minimum Gasteiger partial charge on any atom is -0.317 e. The second kappa shape index (κ2) is 5.58. The lowest BCUT2D eigenvalue weighted by Gasteiger charge is -2.25. The van der Waals surface area contributed by atoms with E-state index in [1.165, 1.54) is 35.1 Å². The lowest BCUT2D eigenvalue weighted by Crippen LogP contribution is -2.26. The molecular formula is C18H21N. The Bertz CT molecular complexity index is 539. The van der Waals surface area contributed by atoms with Gasteiger partial charge in [-0.25, -0.2) is 0 Å². The SMILES string of the molecule is Cc1ccc(-c2ccccc2)c(C2CCNCC2)c1. The van der Waals surface area contributed by atoms with E-state index in [1.54, 1.807) is 0 Å². The zero-order chi connectivity index (χ0) is 13.1. The van der Waals surface area contributed by atoms with Gasteiger partial charge in [-0.1, -0.05) is 54.1 Å². The average molecular weight is 251 g/mol. The first-order valence-electron chi connectivity index (χ1n) is 7.21. The molecule has 2 aromatic rings. The number of hydrogen-bond acceptors (Lipinski definition) is 1. The van der Waals surface area contributed by atoms with Crippen LogP contribution in [0.2, 0.25) is 0 Å². The smallest absolute Gasteiger partial charge is 0.00431 e. The van der Waals surface area contributed by atoms with E-state index in [2.05, 4.69) is 60.8 Å². The van der Waals surface area contributed by atoms with Crippen molar-refractivity contribution in [3.8, 4) is 11.1 Å². The van der Waals surface area contributed by atoms with Crippen molar-refractivity contribution in [3.05, 3.63) is 59.7 Å². The highest BCUT2D eigenvalue weighted by Gasteiger charge is 2.18. The Labute approximate surface area is 115 Å². The summed E-state index contributed by atoms with van der Waals surface area (Å²) in [5.41, 5.74) is 5.66. The summed E-state index contributed by atoms with van der Waals surface area (Å²) >= 11 is 0. The Morgan fingerprint density at radius 3 is 2.42 bits per heavy atom. The molecule has 19 heavy (non-hydrogen) atoms. The van der Waals surface area contributed by atoms with Crippen molar-refractivity contribution in [2.24, 2.45) is 0 Å². The molecule has 1 aliphatic heterocycles. The summed E-state index contributed by atoms with van der Waals surface area (Å²) in [6.45, 7) is 4.49. The van der Waals surface area contributed by atoms with Crippen molar-refractivity contribution in [2.75, 3.05) is 13.1 Å². The zero-order valence-corrected chi connectivity index (χ0v) is 11.5. The summed E-state index contributed by atoms with van der Waals surface area (Å²) in [5, 5.41) is 3.46. The molecule has 0 amide bonds. The quantitative estimate of drug-likeness (QED) is 0.846. The largest absolute Gasteiger partial charge is 0.317 e. The zero-order valence-electron chi connectivity index (χ0n) is 11.5. The summed E-state index contributed by atoms with van der Waals surface area (Å²) < 4.78 is 0. The highest BCUT2D eigenvalue weighted by molar-refractivity contribution is 5.68. The van der Waals surface area contributed by atoms with E-state index in [-0.39, 0.29) is 0 Å². The lowest BCUT2D eigenvalue weighted by atomic mass is 9.84. The third-order valence-electron chi connectivity index (χ3n) is 4.07. The van der Waals surface area contributed by atoms with Crippen molar-refractivity contribution in [3.63, 3.8) is 0 Å². The molecule has 1 nitrogen and oxygen atoms in total. The summed E-state index contributed by atoms with van der Waals surface area (Å²) in [4.78, 5) is 0. The first-order valence-corrected chi connectivity index (χ1v) is 7.21. The average Bonchev–Trinajstić information content (AvgIpc) is 2.49. The maximum atomic E-state index is 3.46. The van der Waals surface area contributed by atoms with Crippen LogP contribution in [0.25, 0.3) is 11.1 Å². The Hall–Kier alpha value is -1.60. The van der Waals surface area contributed by atoms with Crippen LogP contribution in [0.15, 0.2) is 48.5 Å². The first-order chi connectivity index (χ1) is 9.34. The fourth-order valence-corrected chi connectivity index (χ4v) is 3.03. The van der Waals surface area contributed by atoms with Crippen molar-refractivity contribution >= 4 is 0 Å². The topological polar surface area (TPSA) is 12.0 Å². The molecule has 3 rings (SSSR count). The molecule has 0 saturated carbocycles. The highest BCUT2D eigenvalue weighted by atomic mass is 14.9. The molecule has 0 spiro atoms. The van der Waals surface area contributed by atoms with Crippen LogP contribution >= 0.6 is 0 Å². The fraction of sp³-hybridized carbons (Fsp3) is 0.333. The second-order valence-corrected chi connectivity index (χ2v) is 5.48. The van der Waals surface area contributed by atoms with Crippen LogP contribution in [-0.2, 0) is 0 Å². The second-order valence-electron chi connectivity index (χ2n) is 5.48. The van der Waals surface area contributed by atoms with Gasteiger partial charge < -0.3 is 5.32 Å². The van der Waals surface area contributed by atoms with E-state index in [1.807, 2.05) is 0 Å². The van der Waals surface area contributed by atoms with Gasteiger partial charge in [0.2, 0.25) is 0 Å². The molecule has 0 radical (unpaired) electrons. The molecule has 0 bridgehead atoms. The maximum absolute atomic E-state index is 3.46. The Morgan fingerprint density at radius 1 is 0.947 bits per heavy atom. The van der Waals surface area contributed by atoms with Gasteiger partial charge in [-0.15, -0.1) is 0 Å². The lowest BCUT2D eigenvalue weighted by molar-refractivity contribution is 0.461. The van der Waals surface area contributed by atoms with Gasteiger partial charge in [0, 0.05) is 0 Å². The molecule has 1 heterocycles. The number of rotatable bonds is 2. The molecule has 0 aliphatic carbocycles. The molecular weight excluding hydrogens is 230 g/mol. The van der Waals surface area contributed by atoms with E-state index in [9.17, 15) is 0 Å². The van der Waals surface area contributed by atoms with Crippen LogP contribution < -0.4 is 5.32 Å². The standard InChI is InChI=1S/C18H21N/c1-14-7-8-17(15-5-3-2-4-6-15)18(13-14)16-9-11-19-12-10-16/h2-8,13,16,19H,9-12H2,1H3. The van der Waals surface area contributed by atoms with Crippen LogP contribution in [0.4, 0.5) is 0 Å². The fourth-order valence-electron chi connectivity index (χ4n) is 3.03. The molecule has 98 valence electrons. The molecule has 0 unspecified atom stereocenters.